The first kappa shape index (κ1) is 55.4. The third-order valence-corrected chi connectivity index (χ3v) is 23.3. The molecule has 4 aromatic carbocycles. The van der Waals surface area contributed by atoms with E-state index in [1.165, 1.54) is 24.3 Å². The molecular weight excluding hydrogens is 1020 g/mol. The van der Waals surface area contributed by atoms with Gasteiger partial charge in [-0.15, -0.1) is 0 Å². The number of fused-ring (bicyclic) bond motifs is 8. The number of alkyl halides is 4. The molecular formula is C59H66F4O11S2. The van der Waals surface area contributed by atoms with E-state index in [2.05, 4.69) is 6.92 Å². The third-order valence-electron chi connectivity index (χ3n) is 17.9. The second-order valence-electron chi connectivity index (χ2n) is 22.8. The van der Waals surface area contributed by atoms with Crippen LogP contribution in [0.4, 0.5) is 17.6 Å². The second-order valence-corrected chi connectivity index (χ2v) is 27.2. The largest absolute Gasteiger partial charge is 0.481 e. The fraction of sp³-hybridized carbons (Fsp3) is 0.508. The minimum atomic E-state index is -6.56. The van der Waals surface area contributed by atoms with Gasteiger partial charge in [0, 0.05) is 58.1 Å². The Kier molecular flexibility index (Phi) is 14.7. The first-order valence-corrected chi connectivity index (χ1v) is 29.1. The van der Waals surface area contributed by atoms with Gasteiger partial charge >= 0.3 is 33.2 Å². The van der Waals surface area contributed by atoms with Gasteiger partial charge in [0.25, 0.3) is 0 Å². The number of carbonyl (C=O) groups is 5. The molecule has 4 saturated carbocycles. The van der Waals surface area contributed by atoms with Gasteiger partial charge in [-0.2, -0.15) is 26.0 Å². The Morgan fingerprint density at radius 3 is 2.04 bits per heavy atom. The minimum Gasteiger partial charge on any atom is -0.481 e. The standard InChI is InChI=1S/C59H66F4O11S2/c1-35(44-22-23-45-53-46(33-50(66)57(44,45)7)56(6)26-25-40(64)31-39(56)32-47(53)65)21-24-51(67)71-28-27-58(60,61)59(62,63)76(69,70)74-75(48-19-13-11-17-42(48)43-18-12-14-20-49(43)75)41-29-36(2)54(37(3)30-41)72-34-52(68)73-55(4,5)38-15-9-8-10-16-38/h8-20,29-30,35,39,44-46,53H,21-28,31-34H2,1-7H3/t35-,39?,44-,45+,46+,53+,56+,57-/m1/s1. The molecule has 0 amide bonds. The van der Waals surface area contributed by atoms with Crippen molar-refractivity contribution in [1.82, 2.24) is 0 Å². The average molecular weight is 1090 g/mol. The Morgan fingerprint density at radius 1 is 0.803 bits per heavy atom. The lowest BCUT2D eigenvalue weighted by Gasteiger charge is -2.58. The smallest absolute Gasteiger partial charge is 0.432 e. The molecule has 0 bridgehead atoms. The number of hydrogen-bond acceptors (Lipinski definition) is 11. The van der Waals surface area contributed by atoms with Gasteiger partial charge in [0.2, 0.25) is 0 Å². The van der Waals surface area contributed by atoms with E-state index < -0.39 is 74.2 Å². The highest BCUT2D eigenvalue weighted by Crippen LogP contribution is 2.78. The van der Waals surface area contributed by atoms with Gasteiger partial charge in [-0.3, -0.25) is 19.2 Å². The number of ketones is 3. The lowest BCUT2D eigenvalue weighted by Crippen LogP contribution is -2.60. The van der Waals surface area contributed by atoms with Gasteiger partial charge in [-0.05, 0) is 151 Å². The summed E-state index contributed by atoms with van der Waals surface area (Å²) >= 11 is 0. The van der Waals surface area contributed by atoms with E-state index in [4.69, 9.17) is 17.8 Å². The van der Waals surface area contributed by atoms with Crippen LogP contribution in [0.25, 0.3) is 11.1 Å². The Hall–Kier alpha value is -5.39. The Balaban J connectivity index is 0.876. The van der Waals surface area contributed by atoms with E-state index in [9.17, 15) is 32.4 Å². The fourth-order valence-corrected chi connectivity index (χ4v) is 19.6. The van der Waals surface area contributed by atoms with Gasteiger partial charge in [-0.1, -0.05) is 87.5 Å². The number of aryl methyl sites for hydroxylation is 2. The van der Waals surface area contributed by atoms with Gasteiger partial charge in [-0.25, -0.2) is 8.42 Å². The quantitative estimate of drug-likeness (QED) is 0.0732. The summed E-state index contributed by atoms with van der Waals surface area (Å²) in [4.78, 5) is 67.1. The summed E-state index contributed by atoms with van der Waals surface area (Å²) in [7, 11) is -10.3. The molecule has 5 aliphatic rings. The summed E-state index contributed by atoms with van der Waals surface area (Å²) in [5.74, 6) is -7.46. The molecule has 0 spiro atoms. The lowest BCUT2D eigenvalue weighted by molar-refractivity contribution is -0.174. The zero-order chi connectivity index (χ0) is 55.0. The molecule has 0 aromatic heterocycles. The fourth-order valence-electron chi connectivity index (χ4n) is 13.8. The SMILES string of the molecule is Cc1cc(S2(OS(=O)(=O)C(F)(F)C(F)(F)CCOC(=O)CC[C@@H](C)[C@H]3CC[C@H]4[C@@H]5C(=O)CC6CC(=O)CC[C@]6(C)[C@H]5CC(=O)[C@]34C)c3ccccc3-c3ccccc32)cc(C)c1OCC(=O)OC(C)(C)c1ccccc1. The zero-order valence-electron chi connectivity index (χ0n) is 43.9. The number of rotatable bonds is 17. The van der Waals surface area contributed by atoms with E-state index in [1.54, 1.807) is 64.1 Å². The summed E-state index contributed by atoms with van der Waals surface area (Å²) in [5, 5.41) is -5.83. The van der Waals surface area contributed by atoms with Crippen molar-refractivity contribution in [3.8, 4) is 16.9 Å². The zero-order valence-corrected chi connectivity index (χ0v) is 45.6. The van der Waals surface area contributed by atoms with Crippen molar-refractivity contribution >= 4 is 49.7 Å². The van der Waals surface area contributed by atoms with Gasteiger partial charge in [0.05, 0.1) is 13.0 Å². The molecule has 0 N–H and O–H groups in total. The van der Waals surface area contributed by atoms with Crippen molar-refractivity contribution in [1.29, 1.82) is 0 Å². The van der Waals surface area contributed by atoms with Crippen LogP contribution in [0.1, 0.15) is 116 Å². The highest BCUT2D eigenvalue weighted by atomic mass is 32.3. The molecule has 17 heteroatoms. The van der Waals surface area contributed by atoms with Crippen LogP contribution < -0.4 is 4.74 Å². The van der Waals surface area contributed by atoms with E-state index in [0.717, 1.165) is 5.56 Å². The molecule has 1 heterocycles. The van der Waals surface area contributed by atoms with Crippen molar-refractivity contribution in [2.45, 2.75) is 144 Å². The first-order valence-electron chi connectivity index (χ1n) is 26.2. The summed E-state index contributed by atoms with van der Waals surface area (Å²) in [6, 6.07) is 24.9. The first-order chi connectivity index (χ1) is 35.7. The summed E-state index contributed by atoms with van der Waals surface area (Å²) < 4.78 is 116. The number of Topliss-reactive ketones (excluding diaryl/α,β-unsaturated/α-hetero) is 3. The number of esters is 2. The van der Waals surface area contributed by atoms with Crippen LogP contribution in [-0.2, 0) is 52.8 Å². The molecule has 8 atom stereocenters. The number of ether oxygens (including phenoxy) is 3. The van der Waals surface area contributed by atoms with E-state index in [-0.39, 0.29) is 98.0 Å². The van der Waals surface area contributed by atoms with Crippen molar-refractivity contribution in [3.63, 3.8) is 0 Å². The molecule has 1 aliphatic heterocycles. The molecule has 11 nitrogen and oxygen atoms in total. The van der Waals surface area contributed by atoms with Crippen molar-refractivity contribution in [3.05, 3.63) is 108 Å². The third kappa shape index (κ3) is 9.30. The van der Waals surface area contributed by atoms with Crippen LogP contribution in [0.15, 0.2) is 106 Å². The molecule has 4 aliphatic carbocycles. The number of benzene rings is 4. The van der Waals surface area contributed by atoms with Crippen LogP contribution in [0.2, 0.25) is 0 Å². The summed E-state index contributed by atoms with van der Waals surface area (Å²) in [6.07, 6.45) is 1.40. The molecule has 0 saturated heterocycles. The van der Waals surface area contributed by atoms with Gasteiger partial charge in [0.15, 0.2) is 6.61 Å². The highest BCUT2D eigenvalue weighted by molar-refractivity contribution is 8.33. The molecule has 408 valence electrons. The lowest BCUT2D eigenvalue weighted by atomic mass is 9.44. The predicted molar refractivity (Wildman–Crippen MR) is 276 cm³/mol. The number of halogens is 4. The normalized spacial score (nSPS) is 26.8. The molecule has 4 aromatic rings. The van der Waals surface area contributed by atoms with Gasteiger partial charge < -0.3 is 14.2 Å². The Bertz CT molecular complexity index is 3020. The van der Waals surface area contributed by atoms with E-state index in [1.807, 2.05) is 44.2 Å². The monoisotopic (exact) mass is 1090 g/mol. The molecule has 4 fully saturated rings. The van der Waals surface area contributed by atoms with Gasteiger partial charge in [0.1, 0.15) is 28.7 Å². The topological polar surface area (TPSA) is 156 Å². The summed E-state index contributed by atoms with van der Waals surface area (Å²) in [5.41, 5.74) is 0.271. The second kappa shape index (κ2) is 20.1. The number of carbonyl (C=O) groups excluding carboxylic acids is 5. The maximum atomic E-state index is 16.4. The maximum absolute atomic E-state index is 16.4. The van der Waals surface area contributed by atoms with E-state index in [0.29, 0.717) is 60.8 Å². The van der Waals surface area contributed by atoms with Crippen molar-refractivity contribution < 1.29 is 67.8 Å². The van der Waals surface area contributed by atoms with Crippen molar-refractivity contribution in [2.24, 2.45) is 46.3 Å². The Morgan fingerprint density at radius 2 is 1.41 bits per heavy atom. The van der Waals surface area contributed by atoms with E-state index >= 15 is 17.6 Å². The van der Waals surface area contributed by atoms with Crippen LogP contribution >= 0.6 is 10.3 Å². The van der Waals surface area contributed by atoms with Crippen LogP contribution in [0, 0.1) is 60.2 Å². The number of hydrogen-bond donors (Lipinski definition) is 0. The maximum Gasteiger partial charge on any atom is 0.432 e. The summed E-state index contributed by atoms with van der Waals surface area (Å²) in [6.45, 7) is 10.9. The highest BCUT2D eigenvalue weighted by Gasteiger charge is 2.69. The molecule has 9 rings (SSSR count). The predicted octanol–water partition coefficient (Wildman–Crippen LogP) is 12.8. The average Bonchev–Trinajstić information content (AvgIpc) is 4.05. The Labute approximate surface area is 443 Å². The molecule has 1 unspecified atom stereocenters. The van der Waals surface area contributed by atoms with Crippen LogP contribution in [0.3, 0.4) is 0 Å². The molecule has 0 radical (unpaired) electrons. The minimum absolute atomic E-state index is 0.0659. The van der Waals surface area contributed by atoms with Crippen molar-refractivity contribution in [2.75, 3.05) is 13.2 Å². The molecule has 76 heavy (non-hydrogen) atoms. The van der Waals surface area contributed by atoms with Crippen LogP contribution in [0.5, 0.6) is 5.75 Å². The van der Waals surface area contributed by atoms with Crippen LogP contribution in [-0.4, -0.2) is 62.1 Å².